The molecule has 5 heteroatoms. The normalized spacial score (nSPS) is 18.8. The van der Waals surface area contributed by atoms with E-state index in [0.717, 1.165) is 45.0 Å². The maximum absolute atomic E-state index is 5.59. The fourth-order valence-corrected chi connectivity index (χ4v) is 2.91. The largest absolute Gasteiger partial charge is 0.347 e. The third-order valence-electron chi connectivity index (χ3n) is 2.91. The van der Waals surface area contributed by atoms with Crippen molar-refractivity contribution in [2.75, 3.05) is 44.2 Å². The van der Waals surface area contributed by atoms with Crippen LogP contribution < -0.4 is 10.6 Å². The monoisotopic (exact) mass is 240 g/mol. The van der Waals surface area contributed by atoms with Crippen molar-refractivity contribution in [1.82, 2.24) is 9.88 Å². The van der Waals surface area contributed by atoms with Crippen LogP contribution in [0.4, 0.5) is 5.13 Å². The Labute approximate surface area is 101 Å². The highest BCUT2D eigenvalue weighted by Crippen LogP contribution is 2.21. The predicted molar refractivity (Wildman–Crippen MR) is 69.2 cm³/mol. The van der Waals surface area contributed by atoms with Crippen molar-refractivity contribution in [1.29, 1.82) is 0 Å². The van der Waals surface area contributed by atoms with Gasteiger partial charge >= 0.3 is 0 Å². The quantitative estimate of drug-likeness (QED) is 0.853. The van der Waals surface area contributed by atoms with Crippen LogP contribution in [0, 0.1) is 6.92 Å². The Hall–Kier alpha value is -0.650. The van der Waals surface area contributed by atoms with Gasteiger partial charge in [-0.15, -0.1) is 11.3 Å². The summed E-state index contributed by atoms with van der Waals surface area (Å²) in [6.45, 7) is 8.30. The van der Waals surface area contributed by atoms with Crippen LogP contribution in [0.5, 0.6) is 0 Å². The molecule has 1 aliphatic rings. The third kappa shape index (κ3) is 2.93. The van der Waals surface area contributed by atoms with Crippen LogP contribution in [0.3, 0.4) is 0 Å². The average molecular weight is 240 g/mol. The van der Waals surface area contributed by atoms with Crippen LogP contribution >= 0.6 is 11.3 Å². The number of aromatic nitrogens is 1. The van der Waals surface area contributed by atoms with E-state index in [2.05, 4.69) is 27.1 Å². The lowest BCUT2D eigenvalue weighted by Crippen LogP contribution is -2.33. The molecule has 0 radical (unpaired) electrons. The molecule has 0 unspecified atom stereocenters. The molecule has 4 nitrogen and oxygen atoms in total. The number of rotatable bonds is 3. The first-order valence-electron chi connectivity index (χ1n) is 5.89. The Kier molecular flexibility index (Phi) is 4.15. The Morgan fingerprint density at radius 1 is 1.38 bits per heavy atom. The first-order valence-corrected chi connectivity index (χ1v) is 6.77. The second kappa shape index (κ2) is 5.61. The maximum atomic E-state index is 5.59. The Balaban J connectivity index is 1.93. The molecular weight excluding hydrogens is 220 g/mol. The van der Waals surface area contributed by atoms with Crippen molar-refractivity contribution in [3.8, 4) is 0 Å². The van der Waals surface area contributed by atoms with Gasteiger partial charge in [-0.05, 0) is 19.9 Å². The molecule has 1 aromatic rings. The number of nitrogens with zero attached hydrogens (tertiary/aromatic N) is 3. The summed E-state index contributed by atoms with van der Waals surface area (Å²) in [5.41, 5.74) is 6.72. The van der Waals surface area contributed by atoms with E-state index >= 15 is 0 Å². The average Bonchev–Trinajstić information content (AvgIpc) is 2.57. The zero-order chi connectivity index (χ0) is 11.4. The van der Waals surface area contributed by atoms with Gasteiger partial charge in [-0.3, -0.25) is 0 Å². The van der Waals surface area contributed by atoms with Crippen LogP contribution in [0.25, 0.3) is 0 Å². The van der Waals surface area contributed by atoms with E-state index < -0.39 is 0 Å². The summed E-state index contributed by atoms with van der Waals surface area (Å²) >= 11 is 1.75. The maximum Gasteiger partial charge on any atom is 0.185 e. The van der Waals surface area contributed by atoms with Crippen LogP contribution in [0.1, 0.15) is 12.1 Å². The molecule has 0 atom stereocenters. The summed E-state index contributed by atoms with van der Waals surface area (Å²) < 4.78 is 0. The van der Waals surface area contributed by atoms with Gasteiger partial charge in [-0.2, -0.15) is 0 Å². The summed E-state index contributed by atoms with van der Waals surface area (Å²) in [5, 5.41) is 3.30. The molecule has 1 fully saturated rings. The zero-order valence-corrected chi connectivity index (χ0v) is 10.7. The molecule has 1 aromatic heterocycles. The van der Waals surface area contributed by atoms with Gasteiger partial charge in [0.15, 0.2) is 5.13 Å². The molecule has 2 N–H and O–H groups in total. The molecule has 1 saturated heterocycles. The summed E-state index contributed by atoms with van der Waals surface area (Å²) in [6, 6.07) is 0. The number of anilines is 1. The first-order chi connectivity index (χ1) is 7.79. The topological polar surface area (TPSA) is 45.4 Å². The molecule has 0 spiro atoms. The van der Waals surface area contributed by atoms with Crippen molar-refractivity contribution in [2.24, 2.45) is 5.73 Å². The number of hydrogen-bond donors (Lipinski definition) is 1. The minimum atomic E-state index is 0.760. The highest BCUT2D eigenvalue weighted by Gasteiger charge is 2.16. The summed E-state index contributed by atoms with van der Waals surface area (Å²) in [4.78, 5) is 9.39. The number of aryl methyl sites for hydroxylation is 1. The van der Waals surface area contributed by atoms with E-state index in [1.807, 2.05) is 0 Å². The minimum Gasteiger partial charge on any atom is -0.347 e. The Bertz CT molecular complexity index is 326. The van der Waals surface area contributed by atoms with E-state index in [0.29, 0.717) is 0 Å². The lowest BCUT2D eigenvalue weighted by Gasteiger charge is -2.20. The summed E-state index contributed by atoms with van der Waals surface area (Å²) in [6.07, 6.45) is 1.21. The van der Waals surface area contributed by atoms with Crippen molar-refractivity contribution >= 4 is 16.5 Å². The van der Waals surface area contributed by atoms with Gasteiger partial charge < -0.3 is 15.5 Å². The molecule has 0 bridgehead atoms. The molecule has 0 saturated carbocycles. The fourth-order valence-electron chi connectivity index (χ4n) is 2.06. The van der Waals surface area contributed by atoms with Gasteiger partial charge in [0, 0.05) is 38.1 Å². The van der Waals surface area contributed by atoms with Crippen LogP contribution in [-0.4, -0.2) is 49.2 Å². The standard InChI is InChI=1S/C11H20N4S/c1-10-9-16-11(13-10)15-5-2-4-14(6-3-12)7-8-15/h9H,2-8,12H2,1H3. The van der Waals surface area contributed by atoms with Gasteiger partial charge in [-0.1, -0.05) is 0 Å². The van der Waals surface area contributed by atoms with Crippen molar-refractivity contribution in [2.45, 2.75) is 13.3 Å². The zero-order valence-electron chi connectivity index (χ0n) is 9.85. The first kappa shape index (κ1) is 11.8. The fraction of sp³-hybridized carbons (Fsp3) is 0.727. The van der Waals surface area contributed by atoms with Crippen molar-refractivity contribution in [3.63, 3.8) is 0 Å². The Morgan fingerprint density at radius 2 is 2.25 bits per heavy atom. The molecule has 0 aromatic carbocycles. The molecule has 90 valence electrons. The minimum absolute atomic E-state index is 0.760. The third-order valence-corrected chi connectivity index (χ3v) is 3.93. The van der Waals surface area contributed by atoms with E-state index in [4.69, 9.17) is 5.73 Å². The number of nitrogens with two attached hydrogens (primary N) is 1. The molecule has 16 heavy (non-hydrogen) atoms. The molecular formula is C11H20N4S. The van der Waals surface area contributed by atoms with Gasteiger partial charge in [0.2, 0.25) is 0 Å². The Morgan fingerprint density at radius 3 is 2.94 bits per heavy atom. The molecule has 1 aliphatic heterocycles. The summed E-state index contributed by atoms with van der Waals surface area (Å²) in [5.74, 6) is 0. The van der Waals surface area contributed by atoms with E-state index in [-0.39, 0.29) is 0 Å². The predicted octanol–water partition coefficient (Wildman–Crippen LogP) is 0.922. The molecule has 0 aliphatic carbocycles. The van der Waals surface area contributed by atoms with Crippen molar-refractivity contribution in [3.05, 3.63) is 11.1 Å². The number of hydrogen-bond acceptors (Lipinski definition) is 5. The van der Waals surface area contributed by atoms with E-state index in [9.17, 15) is 0 Å². The van der Waals surface area contributed by atoms with Gasteiger partial charge in [0.25, 0.3) is 0 Å². The highest BCUT2D eigenvalue weighted by molar-refractivity contribution is 7.13. The second-order valence-electron chi connectivity index (χ2n) is 4.24. The van der Waals surface area contributed by atoms with Crippen LogP contribution in [0.15, 0.2) is 5.38 Å². The summed E-state index contributed by atoms with van der Waals surface area (Å²) in [7, 11) is 0. The second-order valence-corrected chi connectivity index (χ2v) is 5.08. The smallest absolute Gasteiger partial charge is 0.185 e. The van der Waals surface area contributed by atoms with Gasteiger partial charge in [0.1, 0.15) is 0 Å². The number of thiazole rings is 1. The lowest BCUT2D eigenvalue weighted by atomic mass is 10.4. The lowest BCUT2D eigenvalue weighted by molar-refractivity contribution is 0.302. The van der Waals surface area contributed by atoms with Crippen LogP contribution in [0.2, 0.25) is 0 Å². The van der Waals surface area contributed by atoms with E-state index in [1.165, 1.54) is 11.6 Å². The van der Waals surface area contributed by atoms with Gasteiger partial charge in [-0.25, -0.2) is 4.98 Å². The SMILES string of the molecule is Cc1csc(N2CCCN(CCN)CC2)n1. The molecule has 2 rings (SSSR count). The van der Waals surface area contributed by atoms with Crippen LogP contribution in [-0.2, 0) is 0 Å². The van der Waals surface area contributed by atoms with Crippen molar-refractivity contribution < 1.29 is 0 Å². The van der Waals surface area contributed by atoms with E-state index in [1.54, 1.807) is 11.3 Å². The highest BCUT2D eigenvalue weighted by atomic mass is 32.1. The molecule has 2 heterocycles. The van der Waals surface area contributed by atoms with Gasteiger partial charge in [0.05, 0.1) is 5.69 Å². The molecule has 0 amide bonds.